The highest BCUT2D eigenvalue weighted by molar-refractivity contribution is 7.90. The van der Waals surface area contributed by atoms with Gasteiger partial charge in [0.05, 0.1) is 11.0 Å². The van der Waals surface area contributed by atoms with Crippen LogP contribution in [-0.4, -0.2) is 26.3 Å². The van der Waals surface area contributed by atoms with E-state index in [1.165, 1.54) is 6.07 Å². The SMILES string of the molecule is CS(=O)(=O)c1ccccc1[C@H](O)CN. The molecule has 0 radical (unpaired) electrons. The Morgan fingerprint density at radius 2 is 2.00 bits per heavy atom. The van der Waals surface area contributed by atoms with Crippen molar-refractivity contribution < 1.29 is 13.5 Å². The lowest BCUT2D eigenvalue weighted by molar-refractivity contribution is 0.183. The summed E-state index contributed by atoms with van der Waals surface area (Å²) in [5, 5.41) is 9.48. The summed E-state index contributed by atoms with van der Waals surface area (Å²) in [6.07, 6.45) is 0.177. The van der Waals surface area contributed by atoms with Crippen molar-refractivity contribution in [1.82, 2.24) is 0 Å². The number of benzene rings is 1. The van der Waals surface area contributed by atoms with Crippen molar-refractivity contribution in [2.24, 2.45) is 5.73 Å². The Morgan fingerprint density at radius 3 is 2.50 bits per heavy atom. The van der Waals surface area contributed by atoms with E-state index in [2.05, 4.69) is 0 Å². The highest BCUT2D eigenvalue weighted by Crippen LogP contribution is 2.21. The van der Waals surface area contributed by atoms with Gasteiger partial charge in [-0.2, -0.15) is 0 Å². The van der Waals surface area contributed by atoms with E-state index in [-0.39, 0.29) is 11.4 Å². The Labute approximate surface area is 83.3 Å². The van der Waals surface area contributed by atoms with E-state index in [1.807, 2.05) is 0 Å². The third-order valence-corrected chi connectivity index (χ3v) is 3.07. The highest BCUT2D eigenvalue weighted by atomic mass is 32.2. The summed E-state index contributed by atoms with van der Waals surface area (Å²) in [5.74, 6) is 0. The van der Waals surface area contributed by atoms with Crippen LogP contribution in [-0.2, 0) is 9.84 Å². The minimum absolute atomic E-state index is 0.00648. The molecule has 1 atom stereocenters. The molecule has 0 aromatic heterocycles. The molecule has 4 nitrogen and oxygen atoms in total. The molecule has 0 saturated heterocycles. The molecule has 1 aromatic rings. The first-order chi connectivity index (χ1) is 6.46. The molecule has 0 aliphatic carbocycles. The predicted octanol–water partition coefficient (Wildman–Crippen LogP) is 0.0822. The van der Waals surface area contributed by atoms with Crippen molar-refractivity contribution >= 4 is 9.84 Å². The lowest BCUT2D eigenvalue weighted by Crippen LogP contribution is -2.14. The Bertz CT molecular complexity index is 414. The second-order valence-electron chi connectivity index (χ2n) is 3.06. The van der Waals surface area contributed by atoms with E-state index in [0.29, 0.717) is 5.56 Å². The smallest absolute Gasteiger partial charge is 0.175 e. The van der Waals surface area contributed by atoms with E-state index in [4.69, 9.17) is 5.73 Å². The molecule has 0 aliphatic rings. The average molecular weight is 215 g/mol. The number of nitrogens with two attached hydrogens (primary N) is 1. The first-order valence-electron chi connectivity index (χ1n) is 4.14. The van der Waals surface area contributed by atoms with Crippen molar-refractivity contribution in [2.75, 3.05) is 12.8 Å². The second kappa shape index (κ2) is 4.08. The van der Waals surface area contributed by atoms with E-state index in [0.717, 1.165) is 6.26 Å². The summed E-state index contributed by atoms with van der Waals surface area (Å²) >= 11 is 0. The summed E-state index contributed by atoms with van der Waals surface area (Å²) < 4.78 is 22.6. The number of rotatable bonds is 3. The van der Waals surface area contributed by atoms with Crippen LogP contribution in [0.3, 0.4) is 0 Å². The molecule has 1 aromatic carbocycles. The summed E-state index contributed by atoms with van der Waals surface area (Å²) in [7, 11) is -3.30. The van der Waals surface area contributed by atoms with Crippen LogP contribution in [0.25, 0.3) is 0 Å². The first kappa shape index (κ1) is 11.2. The zero-order valence-electron chi connectivity index (χ0n) is 7.84. The van der Waals surface area contributed by atoms with Crippen molar-refractivity contribution in [3.05, 3.63) is 29.8 Å². The molecule has 1 rings (SSSR count). The monoisotopic (exact) mass is 215 g/mol. The van der Waals surface area contributed by atoms with Gasteiger partial charge in [-0.15, -0.1) is 0 Å². The van der Waals surface area contributed by atoms with Gasteiger partial charge in [-0.05, 0) is 6.07 Å². The molecule has 5 heteroatoms. The van der Waals surface area contributed by atoms with Crippen LogP contribution in [0.2, 0.25) is 0 Å². The van der Waals surface area contributed by atoms with Gasteiger partial charge in [0.1, 0.15) is 0 Å². The zero-order chi connectivity index (χ0) is 10.8. The van der Waals surface area contributed by atoms with Crippen LogP contribution in [0.4, 0.5) is 0 Å². The number of hydrogen-bond donors (Lipinski definition) is 2. The molecule has 0 unspecified atom stereocenters. The Balaban J connectivity index is 3.30. The lowest BCUT2D eigenvalue weighted by atomic mass is 10.1. The fourth-order valence-electron chi connectivity index (χ4n) is 1.22. The van der Waals surface area contributed by atoms with Gasteiger partial charge in [0.15, 0.2) is 9.84 Å². The number of aliphatic hydroxyl groups is 1. The normalized spacial score (nSPS) is 13.9. The molecule has 0 fully saturated rings. The molecule has 0 bridgehead atoms. The van der Waals surface area contributed by atoms with E-state index < -0.39 is 15.9 Å². The fourth-order valence-corrected chi connectivity index (χ4v) is 2.18. The van der Waals surface area contributed by atoms with Crippen LogP contribution in [0.1, 0.15) is 11.7 Å². The van der Waals surface area contributed by atoms with Crippen molar-refractivity contribution in [1.29, 1.82) is 0 Å². The number of hydrogen-bond acceptors (Lipinski definition) is 4. The van der Waals surface area contributed by atoms with Crippen LogP contribution in [0.15, 0.2) is 29.2 Å². The summed E-state index contributed by atoms with van der Waals surface area (Å²) in [5.41, 5.74) is 5.63. The highest BCUT2D eigenvalue weighted by Gasteiger charge is 2.16. The van der Waals surface area contributed by atoms with Gasteiger partial charge in [-0.1, -0.05) is 18.2 Å². The topological polar surface area (TPSA) is 80.4 Å². The van der Waals surface area contributed by atoms with Crippen molar-refractivity contribution in [3.8, 4) is 0 Å². The van der Waals surface area contributed by atoms with E-state index in [1.54, 1.807) is 18.2 Å². The predicted molar refractivity (Wildman–Crippen MR) is 53.6 cm³/mol. The maximum absolute atomic E-state index is 11.3. The van der Waals surface area contributed by atoms with Crippen molar-refractivity contribution in [2.45, 2.75) is 11.0 Å². The summed E-state index contributed by atoms with van der Waals surface area (Å²) in [6, 6.07) is 6.31. The molecule has 78 valence electrons. The minimum Gasteiger partial charge on any atom is -0.387 e. The van der Waals surface area contributed by atoms with Crippen molar-refractivity contribution in [3.63, 3.8) is 0 Å². The average Bonchev–Trinajstić information content (AvgIpc) is 2.15. The fraction of sp³-hybridized carbons (Fsp3) is 0.333. The number of sulfone groups is 1. The van der Waals surface area contributed by atoms with Crippen LogP contribution < -0.4 is 5.73 Å². The molecule has 0 spiro atoms. The third-order valence-electron chi connectivity index (χ3n) is 1.90. The first-order valence-corrected chi connectivity index (χ1v) is 6.03. The molecule has 3 N–H and O–H groups in total. The Hall–Kier alpha value is -0.910. The number of aliphatic hydroxyl groups excluding tert-OH is 1. The molecule has 0 aliphatic heterocycles. The standard InChI is InChI=1S/C9H13NO3S/c1-14(12,13)9-5-3-2-4-7(9)8(11)6-10/h2-5,8,11H,6,10H2,1H3/t8-/m1/s1. The van der Waals surface area contributed by atoms with Gasteiger partial charge in [-0.25, -0.2) is 8.42 Å². The maximum atomic E-state index is 11.3. The Kier molecular flexibility index (Phi) is 3.25. The minimum atomic E-state index is -3.30. The summed E-state index contributed by atoms with van der Waals surface area (Å²) in [4.78, 5) is 0.137. The lowest BCUT2D eigenvalue weighted by Gasteiger charge is -2.11. The van der Waals surface area contributed by atoms with Gasteiger partial charge in [-0.3, -0.25) is 0 Å². The quantitative estimate of drug-likeness (QED) is 0.748. The van der Waals surface area contributed by atoms with Crippen LogP contribution in [0.5, 0.6) is 0 Å². The van der Waals surface area contributed by atoms with Gasteiger partial charge in [0.25, 0.3) is 0 Å². The summed E-state index contributed by atoms with van der Waals surface area (Å²) in [6.45, 7) is 0.00648. The molecular formula is C9H13NO3S. The molecular weight excluding hydrogens is 202 g/mol. The second-order valence-corrected chi connectivity index (χ2v) is 5.05. The molecule has 14 heavy (non-hydrogen) atoms. The van der Waals surface area contributed by atoms with Gasteiger partial charge in [0, 0.05) is 18.4 Å². The maximum Gasteiger partial charge on any atom is 0.175 e. The van der Waals surface area contributed by atoms with Crippen LogP contribution >= 0.6 is 0 Å². The van der Waals surface area contributed by atoms with Gasteiger partial charge >= 0.3 is 0 Å². The zero-order valence-corrected chi connectivity index (χ0v) is 8.66. The molecule has 0 saturated carbocycles. The van der Waals surface area contributed by atoms with E-state index in [9.17, 15) is 13.5 Å². The van der Waals surface area contributed by atoms with Crippen LogP contribution in [0, 0.1) is 0 Å². The Morgan fingerprint density at radius 1 is 1.43 bits per heavy atom. The van der Waals surface area contributed by atoms with E-state index >= 15 is 0 Å². The van der Waals surface area contributed by atoms with Gasteiger partial charge < -0.3 is 10.8 Å². The van der Waals surface area contributed by atoms with Gasteiger partial charge in [0.2, 0.25) is 0 Å². The molecule has 0 amide bonds. The third kappa shape index (κ3) is 2.31. The molecule has 0 heterocycles. The largest absolute Gasteiger partial charge is 0.387 e.